The van der Waals surface area contributed by atoms with Crippen molar-refractivity contribution >= 4 is 23.9 Å². The molecular formula is C23H31N3O8. The monoisotopic (exact) mass is 477 g/mol. The zero-order chi connectivity index (χ0) is 25.0. The van der Waals surface area contributed by atoms with E-state index in [2.05, 4.69) is 5.32 Å². The maximum absolute atomic E-state index is 12.9. The number of alkyl carbamates (subject to hydrolysis) is 1. The highest BCUT2D eigenvalue weighted by Crippen LogP contribution is 2.23. The van der Waals surface area contributed by atoms with Crippen LogP contribution < -0.4 is 10.1 Å². The third-order valence-electron chi connectivity index (χ3n) is 5.55. The lowest BCUT2D eigenvalue weighted by Crippen LogP contribution is -2.47. The number of ether oxygens (including phenoxy) is 3. The zero-order valence-electron chi connectivity index (χ0n) is 19.8. The van der Waals surface area contributed by atoms with E-state index < -0.39 is 29.6 Å². The molecule has 1 aromatic carbocycles. The lowest BCUT2D eigenvalue weighted by molar-refractivity contribution is -0.147. The second kappa shape index (κ2) is 10.3. The second-order valence-electron chi connectivity index (χ2n) is 9.40. The highest BCUT2D eigenvalue weighted by molar-refractivity contribution is 5.96. The summed E-state index contributed by atoms with van der Waals surface area (Å²) < 4.78 is 16.6. The smallest absolute Gasteiger partial charge is 0.407 e. The number of rotatable bonds is 2. The van der Waals surface area contributed by atoms with E-state index in [1.807, 2.05) is 0 Å². The van der Waals surface area contributed by atoms with Crippen LogP contribution in [0, 0.1) is 0 Å². The standard InChI is InChI=1S/C23H31N3O8/c1-23(2,3)34-22(31)24-15-9-16-11-33-17-7-5-6-14(8-17)20(28)25(4)18(21(29)30)12-32-13-19(27)26(16)10-15/h5-8,15-16,18H,9-13H2,1-4H3,(H,24,31)(H,29,30)/t15-,16-,18-/m0/s1. The maximum Gasteiger partial charge on any atom is 0.407 e. The minimum atomic E-state index is -1.27. The van der Waals surface area contributed by atoms with Crippen LogP contribution >= 0.6 is 0 Å². The molecule has 34 heavy (non-hydrogen) atoms. The molecule has 2 aliphatic rings. The topological polar surface area (TPSA) is 135 Å². The van der Waals surface area contributed by atoms with Gasteiger partial charge in [0.05, 0.1) is 18.7 Å². The van der Waals surface area contributed by atoms with Gasteiger partial charge in [-0.1, -0.05) is 6.07 Å². The van der Waals surface area contributed by atoms with Crippen LogP contribution in [0.2, 0.25) is 0 Å². The molecule has 2 heterocycles. The van der Waals surface area contributed by atoms with E-state index in [0.29, 0.717) is 12.2 Å². The SMILES string of the molecule is CN1C(=O)c2cccc(c2)OC[C@@H]2C[C@H](NC(=O)OC(C)(C)C)CN2C(=O)COC[C@H]1C(=O)O. The molecule has 11 heteroatoms. The van der Waals surface area contributed by atoms with Gasteiger partial charge in [-0.3, -0.25) is 9.59 Å². The van der Waals surface area contributed by atoms with E-state index in [0.717, 1.165) is 4.90 Å². The Morgan fingerprint density at radius 3 is 2.62 bits per heavy atom. The molecule has 2 N–H and O–H groups in total. The number of nitrogens with zero attached hydrogens (tertiary/aromatic N) is 2. The molecule has 11 nitrogen and oxygen atoms in total. The molecule has 0 unspecified atom stereocenters. The fraction of sp³-hybridized carbons (Fsp3) is 0.565. The van der Waals surface area contributed by atoms with Gasteiger partial charge < -0.3 is 34.4 Å². The van der Waals surface area contributed by atoms with Crippen LogP contribution in [0.5, 0.6) is 5.75 Å². The van der Waals surface area contributed by atoms with Gasteiger partial charge in [0, 0.05) is 19.2 Å². The average molecular weight is 478 g/mol. The molecule has 0 radical (unpaired) electrons. The quantitative estimate of drug-likeness (QED) is 0.647. The molecule has 2 bridgehead atoms. The van der Waals surface area contributed by atoms with Crippen LogP contribution in [0.3, 0.4) is 0 Å². The molecule has 3 amide bonds. The van der Waals surface area contributed by atoms with E-state index >= 15 is 0 Å². The molecule has 186 valence electrons. The van der Waals surface area contributed by atoms with Crippen LogP contribution in [-0.2, 0) is 19.1 Å². The fourth-order valence-corrected chi connectivity index (χ4v) is 3.90. The minimum absolute atomic E-state index is 0.142. The first-order valence-corrected chi connectivity index (χ1v) is 11.0. The van der Waals surface area contributed by atoms with Crippen LogP contribution in [0.25, 0.3) is 0 Å². The number of fused-ring (bicyclic) bond motifs is 3. The van der Waals surface area contributed by atoms with E-state index in [1.54, 1.807) is 43.9 Å². The summed E-state index contributed by atoms with van der Waals surface area (Å²) >= 11 is 0. The summed E-state index contributed by atoms with van der Waals surface area (Å²) in [6.07, 6.45) is -0.142. The Balaban J connectivity index is 1.80. The number of carbonyl (C=O) groups is 4. The largest absolute Gasteiger partial charge is 0.491 e. The first-order valence-electron chi connectivity index (χ1n) is 11.0. The van der Waals surface area contributed by atoms with Crippen molar-refractivity contribution in [2.75, 3.05) is 33.4 Å². The van der Waals surface area contributed by atoms with Gasteiger partial charge >= 0.3 is 12.1 Å². The predicted octanol–water partition coefficient (Wildman–Crippen LogP) is 1.12. The van der Waals surface area contributed by atoms with Gasteiger partial charge in [-0.25, -0.2) is 9.59 Å². The summed E-state index contributed by atoms with van der Waals surface area (Å²) in [6.45, 7) is 4.94. The van der Waals surface area contributed by atoms with Crippen LogP contribution in [-0.4, -0.2) is 95.9 Å². The number of carbonyl (C=O) groups excluding carboxylic acids is 3. The van der Waals surface area contributed by atoms with Gasteiger partial charge in [0.2, 0.25) is 5.91 Å². The number of amides is 3. The first kappa shape index (κ1) is 25.3. The van der Waals surface area contributed by atoms with E-state index in [9.17, 15) is 24.3 Å². The molecule has 1 saturated heterocycles. The number of benzene rings is 1. The van der Waals surface area contributed by atoms with Crippen molar-refractivity contribution in [3.8, 4) is 5.75 Å². The fourth-order valence-electron chi connectivity index (χ4n) is 3.90. The summed E-state index contributed by atoms with van der Waals surface area (Å²) in [5.74, 6) is -1.71. The van der Waals surface area contributed by atoms with E-state index in [1.165, 1.54) is 13.1 Å². The molecule has 0 aliphatic carbocycles. The Kier molecular flexibility index (Phi) is 7.65. The second-order valence-corrected chi connectivity index (χ2v) is 9.40. The third-order valence-corrected chi connectivity index (χ3v) is 5.55. The van der Waals surface area contributed by atoms with Gasteiger partial charge in [0.15, 0.2) is 6.04 Å². The molecular weight excluding hydrogens is 446 g/mol. The molecule has 0 spiro atoms. The lowest BCUT2D eigenvalue weighted by atomic mass is 10.1. The Bertz CT molecular complexity index is 944. The molecule has 1 aromatic rings. The van der Waals surface area contributed by atoms with Crippen LogP contribution in [0.15, 0.2) is 24.3 Å². The van der Waals surface area contributed by atoms with Gasteiger partial charge in [-0.2, -0.15) is 0 Å². The Morgan fingerprint density at radius 1 is 1.21 bits per heavy atom. The highest BCUT2D eigenvalue weighted by atomic mass is 16.6. The van der Waals surface area contributed by atoms with Crippen molar-refractivity contribution in [2.45, 2.75) is 50.9 Å². The Morgan fingerprint density at radius 2 is 1.94 bits per heavy atom. The number of aliphatic carboxylic acids is 1. The summed E-state index contributed by atoms with van der Waals surface area (Å²) in [5.41, 5.74) is -0.385. The molecule has 1 fully saturated rings. The van der Waals surface area contributed by atoms with Gasteiger partial charge in [0.1, 0.15) is 24.6 Å². The molecule has 2 aliphatic heterocycles. The first-order chi connectivity index (χ1) is 15.9. The van der Waals surface area contributed by atoms with Crippen molar-refractivity contribution in [2.24, 2.45) is 0 Å². The zero-order valence-corrected chi connectivity index (χ0v) is 19.8. The molecule has 3 rings (SSSR count). The van der Waals surface area contributed by atoms with Crippen molar-refractivity contribution in [1.29, 1.82) is 0 Å². The van der Waals surface area contributed by atoms with Gasteiger partial charge in [-0.15, -0.1) is 0 Å². The van der Waals surface area contributed by atoms with Gasteiger partial charge in [-0.05, 0) is 45.4 Å². The average Bonchev–Trinajstić information content (AvgIpc) is 3.14. The van der Waals surface area contributed by atoms with E-state index in [4.69, 9.17) is 14.2 Å². The summed E-state index contributed by atoms with van der Waals surface area (Å²) in [5, 5.41) is 12.4. The minimum Gasteiger partial charge on any atom is -0.491 e. The lowest BCUT2D eigenvalue weighted by Gasteiger charge is -2.28. The van der Waals surface area contributed by atoms with Crippen molar-refractivity contribution in [1.82, 2.24) is 15.1 Å². The van der Waals surface area contributed by atoms with Crippen LogP contribution in [0.1, 0.15) is 37.6 Å². The molecule has 0 saturated carbocycles. The number of carboxylic acids is 1. The normalized spacial score (nSPS) is 24.1. The van der Waals surface area contributed by atoms with Gasteiger partial charge in [0.25, 0.3) is 5.91 Å². The Hall–Kier alpha value is -3.34. The van der Waals surface area contributed by atoms with Crippen molar-refractivity contribution < 1.29 is 38.5 Å². The van der Waals surface area contributed by atoms with Crippen LogP contribution in [0.4, 0.5) is 4.79 Å². The van der Waals surface area contributed by atoms with Crippen molar-refractivity contribution in [3.05, 3.63) is 29.8 Å². The predicted molar refractivity (Wildman–Crippen MR) is 120 cm³/mol. The molecule has 3 atom stereocenters. The van der Waals surface area contributed by atoms with E-state index in [-0.39, 0.29) is 49.9 Å². The summed E-state index contributed by atoms with van der Waals surface area (Å²) in [7, 11) is 1.37. The third kappa shape index (κ3) is 6.37. The summed E-state index contributed by atoms with van der Waals surface area (Å²) in [6, 6.07) is 4.43. The Labute approximate surface area is 197 Å². The maximum atomic E-state index is 12.9. The number of nitrogens with one attached hydrogen (secondary N) is 1. The number of carboxylic acid groups (broad SMARTS) is 1. The summed E-state index contributed by atoms with van der Waals surface area (Å²) in [4.78, 5) is 52.3. The number of hydrogen-bond donors (Lipinski definition) is 2. The molecule has 0 aromatic heterocycles. The van der Waals surface area contributed by atoms with Crippen molar-refractivity contribution in [3.63, 3.8) is 0 Å². The highest BCUT2D eigenvalue weighted by Gasteiger charge is 2.38. The number of hydrogen-bond acceptors (Lipinski definition) is 7. The number of likely N-dealkylation sites (N-methyl/N-ethyl adjacent to an activating group) is 1.